The van der Waals surface area contributed by atoms with Gasteiger partial charge in [-0.05, 0) is 54.4 Å². The Balaban J connectivity index is 1.97. The molecule has 3 aromatic rings. The Hall–Kier alpha value is -3.28. The van der Waals surface area contributed by atoms with Crippen molar-refractivity contribution >= 4 is 46.3 Å². The first kappa shape index (κ1) is 21.9. The maximum absolute atomic E-state index is 13.2. The van der Waals surface area contributed by atoms with Crippen LogP contribution in [0.3, 0.4) is 0 Å². The minimum atomic E-state index is -0.886. The first-order valence-corrected chi connectivity index (χ1v) is 10.5. The lowest BCUT2D eigenvalue weighted by atomic mass is 9.95. The third-order valence-electron chi connectivity index (χ3n) is 5.39. The van der Waals surface area contributed by atoms with Crippen molar-refractivity contribution in [2.75, 3.05) is 12.0 Å². The molecule has 0 saturated carbocycles. The van der Waals surface area contributed by atoms with Crippen molar-refractivity contribution in [1.82, 2.24) is 0 Å². The third kappa shape index (κ3) is 3.85. The molecule has 1 heterocycles. The molecule has 0 aromatic heterocycles. The summed E-state index contributed by atoms with van der Waals surface area (Å²) in [7, 11) is 1.53. The van der Waals surface area contributed by atoms with Crippen molar-refractivity contribution in [1.29, 1.82) is 0 Å². The number of anilines is 1. The first-order valence-electron chi connectivity index (χ1n) is 9.79. The summed E-state index contributed by atoms with van der Waals surface area (Å²) in [5, 5.41) is 12.0. The van der Waals surface area contributed by atoms with Crippen molar-refractivity contribution < 1.29 is 19.4 Å². The molecule has 162 valence electrons. The standard InChI is InChI=1S/C25H19Cl2NO4/c1-14-9-10-18(13-20(14)27)28-22(15-5-4-8-19(12-15)32-2)21(24(30)25(28)31)23(29)16-6-3-7-17(26)11-16/h3-13,22,29H,1-2H3/b23-21+. The predicted molar refractivity (Wildman–Crippen MR) is 125 cm³/mol. The average molecular weight is 468 g/mol. The number of aryl methyl sites for hydroxylation is 1. The largest absolute Gasteiger partial charge is 0.507 e. The number of carbonyl (C=O) groups is 2. The van der Waals surface area contributed by atoms with Gasteiger partial charge in [-0.1, -0.05) is 53.5 Å². The van der Waals surface area contributed by atoms with Gasteiger partial charge in [-0.3, -0.25) is 14.5 Å². The van der Waals surface area contributed by atoms with Gasteiger partial charge in [0.15, 0.2) is 0 Å². The monoisotopic (exact) mass is 467 g/mol. The Morgan fingerprint density at radius 2 is 1.75 bits per heavy atom. The van der Waals surface area contributed by atoms with Crippen LogP contribution in [0.4, 0.5) is 5.69 Å². The summed E-state index contributed by atoms with van der Waals surface area (Å²) in [5.74, 6) is -1.31. The minimum Gasteiger partial charge on any atom is -0.507 e. The number of amides is 1. The second-order valence-corrected chi connectivity index (χ2v) is 8.23. The van der Waals surface area contributed by atoms with Crippen LogP contribution in [0, 0.1) is 6.92 Å². The van der Waals surface area contributed by atoms with Crippen LogP contribution in [0.15, 0.2) is 72.3 Å². The van der Waals surface area contributed by atoms with E-state index in [1.807, 2.05) is 6.92 Å². The van der Waals surface area contributed by atoms with E-state index in [-0.39, 0.29) is 11.3 Å². The van der Waals surface area contributed by atoms with Gasteiger partial charge in [0.05, 0.1) is 18.7 Å². The maximum Gasteiger partial charge on any atom is 0.300 e. The van der Waals surface area contributed by atoms with E-state index in [0.29, 0.717) is 32.6 Å². The highest BCUT2D eigenvalue weighted by molar-refractivity contribution is 6.52. The quantitative estimate of drug-likeness (QED) is 0.293. The average Bonchev–Trinajstić information content (AvgIpc) is 3.06. The van der Waals surface area contributed by atoms with Gasteiger partial charge in [0.1, 0.15) is 11.5 Å². The van der Waals surface area contributed by atoms with Crippen LogP contribution in [-0.2, 0) is 9.59 Å². The summed E-state index contributed by atoms with van der Waals surface area (Å²) in [6, 6.07) is 17.7. The van der Waals surface area contributed by atoms with Gasteiger partial charge in [0.25, 0.3) is 11.7 Å². The SMILES string of the molecule is COc1cccc(C2/C(=C(\O)c3cccc(Cl)c3)C(=O)C(=O)N2c2ccc(C)c(Cl)c2)c1. The summed E-state index contributed by atoms with van der Waals surface area (Å²) in [4.78, 5) is 27.7. The van der Waals surface area contributed by atoms with E-state index >= 15 is 0 Å². The lowest BCUT2D eigenvalue weighted by Crippen LogP contribution is -2.29. The summed E-state index contributed by atoms with van der Waals surface area (Å²) in [6.45, 7) is 1.85. The highest BCUT2D eigenvalue weighted by Crippen LogP contribution is 2.43. The lowest BCUT2D eigenvalue weighted by Gasteiger charge is -2.26. The van der Waals surface area contributed by atoms with E-state index in [1.54, 1.807) is 60.7 Å². The number of ketones is 1. The Kier molecular flexibility index (Phi) is 5.96. The number of benzene rings is 3. The van der Waals surface area contributed by atoms with Gasteiger partial charge in [0, 0.05) is 21.3 Å². The fraction of sp³-hybridized carbons (Fsp3) is 0.120. The number of rotatable bonds is 4. The summed E-state index contributed by atoms with van der Waals surface area (Å²) in [6.07, 6.45) is 0. The minimum absolute atomic E-state index is 0.0396. The smallest absolute Gasteiger partial charge is 0.300 e. The Morgan fingerprint density at radius 3 is 2.44 bits per heavy atom. The van der Waals surface area contributed by atoms with Gasteiger partial charge in [-0.2, -0.15) is 0 Å². The van der Waals surface area contributed by atoms with E-state index in [0.717, 1.165) is 5.56 Å². The molecule has 32 heavy (non-hydrogen) atoms. The van der Waals surface area contributed by atoms with Crippen molar-refractivity contribution in [3.63, 3.8) is 0 Å². The normalized spacial score (nSPS) is 17.6. The zero-order valence-corrected chi connectivity index (χ0v) is 18.8. The number of aliphatic hydroxyl groups is 1. The van der Waals surface area contributed by atoms with Gasteiger partial charge in [-0.25, -0.2) is 0 Å². The third-order valence-corrected chi connectivity index (χ3v) is 6.03. The number of halogens is 2. The van der Waals surface area contributed by atoms with Crippen LogP contribution in [-0.4, -0.2) is 23.9 Å². The number of ether oxygens (including phenoxy) is 1. The molecule has 1 unspecified atom stereocenters. The van der Waals surface area contributed by atoms with Crippen LogP contribution >= 0.6 is 23.2 Å². The molecule has 3 aromatic carbocycles. The molecule has 1 amide bonds. The number of nitrogens with zero attached hydrogens (tertiary/aromatic N) is 1. The van der Waals surface area contributed by atoms with Gasteiger partial charge in [-0.15, -0.1) is 0 Å². The van der Waals surface area contributed by atoms with Crippen LogP contribution in [0.1, 0.15) is 22.7 Å². The second kappa shape index (κ2) is 8.69. The molecule has 1 fully saturated rings. The summed E-state index contributed by atoms with van der Waals surface area (Å²) in [5.41, 5.74) is 2.18. The fourth-order valence-electron chi connectivity index (χ4n) is 3.75. The number of aliphatic hydroxyl groups excluding tert-OH is 1. The number of methoxy groups -OCH3 is 1. The highest BCUT2D eigenvalue weighted by atomic mass is 35.5. The van der Waals surface area contributed by atoms with Crippen LogP contribution in [0.25, 0.3) is 5.76 Å². The molecule has 1 atom stereocenters. The molecule has 1 aliphatic heterocycles. The van der Waals surface area contributed by atoms with E-state index in [1.165, 1.54) is 18.1 Å². The van der Waals surface area contributed by atoms with Crippen molar-refractivity contribution in [2.45, 2.75) is 13.0 Å². The molecule has 0 aliphatic carbocycles. The van der Waals surface area contributed by atoms with Crippen molar-refractivity contribution in [3.8, 4) is 5.75 Å². The maximum atomic E-state index is 13.2. The van der Waals surface area contributed by atoms with Gasteiger partial charge >= 0.3 is 0 Å². The number of hydrogen-bond acceptors (Lipinski definition) is 4. The number of carbonyl (C=O) groups excluding carboxylic acids is 2. The zero-order chi connectivity index (χ0) is 23.0. The van der Waals surface area contributed by atoms with E-state index < -0.39 is 17.7 Å². The van der Waals surface area contributed by atoms with Crippen LogP contribution < -0.4 is 9.64 Å². The topological polar surface area (TPSA) is 66.8 Å². The Bertz CT molecular complexity index is 1270. The van der Waals surface area contributed by atoms with E-state index in [9.17, 15) is 14.7 Å². The second-order valence-electron chi connectivity index (χ2n) is 7.39. The molecular weight excluding hydrogens is 449 g/mol. The molecule has 1 saturated heterocycles. The molecule has 1 N–H and O–H groups in total. The molecule has 4 rings (SSSR count). The molecule has 0 radical (unpaired) electrons. The van der Waals surface area contributed by atoms with E-state index in [2.05, 4.69) is 0 Å². The lowest BCUT2D eigenvalue weighted by molar-refractivity contribution is -0.132. The van der Waals surface area contributed by atoms with Crippen molar-refractivity contribution in [2.24, 2.45) is 0 Å². The predicted octanol–water partition coefficient (Wildman–Crippen LogP) is 5.94. The van der Waals surface area contributed by atoms with Crippen LogP contribution in [0.5, 0.6) is 5.75 Å². The fourth-order valence-corrected chi connectivity index (χ4v) is 4.11. The Labute approximate surface area is 195 Å². The molecule has 0 spiro atoms. The number of hydrogen-bond donors (Lipinski definition) is 1. The summed E-state index contributed by atoms with van der Waals surface area (Å²) >= 11 is 12.4. The molecule has 5 nitrogen and oxygen atoms in total. The van der Waals surface area contributed by atoms with Crippen LogP contribution in [0.2, 0.25) is 10.0 Å². The molecule has 7 heteroatoms. The summed E-state index contributed by atoms with van der Waals surface area (Å²) < 4.78 is 5.33. The van der Waals surface area contributed by atoms with Gasteiger partial charge < -0.3 is 9.84 Å². The first-order chi connectivity index (χ1) is 15.3. The van der Waals surface area contributed by atoms with Crippen molar-refractivity contribution in [3.05, 3.63) is 99.0 Å². The Morgan fingerprint density at radius 1 is 1.00 bits per heavy atom. The van der Waals surface area contributed by atoms with Gasteiger partial charge in [0.2, 0.25) is 0 Å². The molecule has 1 aliphatic rings. The highest BCUT2D eigenvalue weighted by Gasteiger charge is 2.47. The molecular formula is C25H19Cl2NO4. The molecule has 0 bridgehead atoms. The van der Waals surface area contributed by atoms with E-state index in [4.69, 9.17) is 27.9 Å². The number of Topliss-reactive ketones (excluding diaryl/α,β-unsaturated/α-hetero) is 1. The zero-order valence-electron chi connectivity index (χ0n) is 17.3.